The average Bonchev–Trinajstić information content (AvgIpc) is 3.06. The number of fused-ring (bicyclic) bond motifs is 4. The first-order valence-corrected chi connectivity index (χ1v) is 15.1. The number of carboxylic acids is 1. The Hall–Kier alpha value is -1.66. The van der Waals surface area contributed by atoms with E-state index in [0.29, 0.717) is 23.3 Å². The van der Waals surface area contributed by atoms with Crippen LogP contribution in [-0.2, 0) is 19.1 Å². The van der Waals surface area contributed by atoms with Crippen LogP contribution in [0, 0.1) is 39.4 Å². The molecule has 0 radical (unpaired) electrons. The smallest absolute Gasteiger partial charge is 0.330 e. The van der Waals surface area contributed by atoms with Crippen LogP contribution >= 0.6 is 0 Å². The van der Waals surface area contributed by atoms with Crippen LogP contribution < -0.4 is 0 Å². The van der Waals surface area contributed by atoms with Crippen LogP contribution in [0.25, 0.3) is 0 Å². The number of aliphatic carboxylic acids is 1. The van der Waals surface area contributed by atoms with E-state index < -0.39 is 12.1 Å². The molecule has 0 saturated heterocycles. The predicted octanol–water partition coefficient (Wildman–Crippen LogP) is 6.71. The first kappa shape index (κ1) is 30.3. The molecule has 4 rings (SSSR count). The zero-order valence-corrected chi connectivity index (χ0v) is 25.7. The van der Waals surface area contributed by atoms with E-state index in [4.69, 9.17) is 9.47 Å². The summed E-state index contributed by atoms with van der Waals surface area (Å²) in [5.74, 6) is -0.0245. The topological polar surface area (TPSA) is 93.1 Å². The van der Waals surface area contributed by atoms with Crippen LogP contribution in [0.5, 0.6) is 0 Å². The fourth-order valence-corrected chi connectivity index (χ4v) is 10.0. The minimum Gasteiger partial charge on any atom is -0.478 e. The van der Waals surface area contributed by atoms with Crippen molar-refractivity contribution in [2.75, 3.05) is 7.11 Å². The summed E-state index contributed by atoms with van der Waals surface area (Å²) in [6.07, 6.45) is 8.40. The SMILES string of the molecule is CO[C@@H]1C[C@H]2C(C)(C)[C@@H](OC(C)=O)CC[C@]2(C)C2=C1[C@]1(C)[C@@H](O)C[C@H]([C@H](C)CC/C=C(\C)C(=O)O)[C@@]1(C)CC2. The molecule has 0 aromatic rings. The summed E-state index contributed by atoms with van der Waals surface area (Å²) in [5, 5.41) is 21.1. The van der Waals surface area contributed by atoms with Crippen molar-refractivity contribution in [2.45, 2.75) is 125 Å². The van der Waals surface area contributed by atoms with Crippen molar-refractivity contribution in [1.29, 1.82) is 0 Å². The zero-order chi connectivity index (χ0) is 29.1. The second-order valence-electron chi connectivity index (χ2n) is 14.5. The third-order valence-corrected chi connectivity index (χ3v) is 12.5. The molecule has 0 aromatic carbocycles. The molecule has 6 nitrogen and oxygen atoms in total. The molecule has 6 heteroatoms. The highest BCUT2D eigenvalue weighted by atomic mass is 16.5. The summed E-state index contributed by atoms with van der Waals surface area (Å²) >= 11 is 0. The van der Waals surface area contributed by atoms with Crippen LogP contribution in [0.15, 0.2) is 22.8 Å². The van der Waals surface area contributed by atoms with E-state index >= 15 is 0 Å². The molecule has 0 aromatic heterocycles. The highest BCUT2D eigenvalue weighted by Crippen LogP contribution is 2.72. The largest absolute Gasteiger partial charge is 0.478 e. The van der Waals surface area contributed by atoms with Crippen LogP contribution in [0.4, 0.5) is 0 Å². The third-order valence-electron chi connectivity index (χ3n) is 12.5. The quantitative estimate of drug-likeness (QED) is 0.210. The summed E-state index contributed by atoms with van der Waals surface area (Å²) in [4.78, 5) is 23.2. The summed E-state index contributed by atoms with van der Waals surface area (Å²) in [5.41, 5.74) is 2.60. The molecule has 2 N–H and O–H groups in total. The average molecular weight is 545 g/mol. The summed E-state index contributed by atoms with van der Waals surface area (Å²) in [6, 6.07) is 0. The number of carbonyl (C=O) groups is 2. The molecular weight excluding hydrogens is 492 g/mol. The number of carbonyl (C=O) groups excluding carboxylic acids is 1. The molecule has 2 fully saturated rings. The number of hydrogen-bond donors (Lipinski definition) is 2. The summed E-state index contributed by atoms with van der Waals surface area (Å²) in [7, 11) is 1.81. The van der Waals surface area contributed by atoms with Crippen LogP contribution in [0.1, 0.15) is 107 Å². The maximum absolute atomic E-state index is 11.9. The van der Waals surface area contributed by atoms with Crippen LogP contribution in [0.2, 0.25) is 0 Å². The standard InChI is InChI=1S/C33H52O6/c1-19(11-10-12-20(2)29(36)37)23-17-26(35)33(8)28-22(13-16-32(23,33)7)31(6)15-14-27(39-21(3)34)30(4,5)25(31)18-24(28)38-9/h12,19,23-27,35H,10-11,13-18H2,1-9H3,(H,36,37)/b20-12+/t19-,23-,24-,25+,26+,27+,31-,32-,33+/m1/s1. The van der Waals surface area contributed by atoms with Gasteiger partial charge in [0.1, 0.15) is 6.10 Å². The van der Waals surface area contributed by atoms with Crippen molar-refractivity contribution in [1.82, 2.24) is 0 Å². The van der Waals surface area contributed by atoms with E-state index in [-0.39, 0.29) is 39.8 Å². The van der Waals surface area contributed by atoms with E-state index in [0.717, 1.165) is 51.4 Å². The maximum Gasteiger partial charge on any atom is 0.330 e. The van der Waals surface area contributed by atoms with Crippen molar-refractivity contribution in [3.63, 3.8) is 0 Å². The van der Waals surface area contributed by atoms with E-state index in [1.807, 2.05) is 13.2 Å². The number of carboxylic acid groups (broad SMARTS) is 1. The Labute approximate surface area is 235 Å². The van der Waals surface area contributed by atoms with Gasteiger partial charge in [-0.15, -0.1) is 0 Å². The summed E-state index contributed by atoms with van der Waals surface area (Å²) in [6.45, 7) is 17.1. The second-order valence-corrected chi connectivity index (χ2v) is 14.5. The molecule has 2 saturated carbocycles. The van der Waals surface area contributed by atoms with Gasteiger partial charge in [-0.1, -0.05) is 53.2 Å². The van der Waals surface area contributed by atoms with Gasteiger partial charge in [-0.05, 0) is 92.4 Å². The Morgan fingerprint density at radius 1 is 1.10 bits per heavy atom. The molecule has 220 valence electrons. The van der Waals surface area contributed by atoms with Gasteiger partial charge in [0.15, 0.2) is 0 Å². The summed E-state index contributed by atoms with van der Waals surface area (Å²) < 4.78 is 12.2. The monoisotopic (exact) mass is 544 g/mol. The van der Waals surface area contributed by atoms with E-state index in [9.17, 15) is 19.8 Å². The number of aliphatic hydroxyl groups is 1. The highest BCUT2D eigenvalue weighted by molar-refractivity contribution is 5.85. The molecule has 4 aliphatic carbocycles. The van der Waals surface area contributed by atoms with E-state index in [1.165, 1.54) is 18.1 Å². The van der Waals surface area contributed by atoms with Crippen molar-refractivity contribution < 1.29 is 29.3 Å². The lowest BCUT2D eigenvalue weighted by Gasteiger charge is -2.63. The van der Waals surface area contributed by atoms with Crippen molar-refractivity contribution in [2.24, 2.45) is 39.4 Å². The van der Waals surface area contributed by atoms with Crippen molar-refractivity contribution in [3.05, 3.63) is 22.8 Å². The zero-order valence-electron chi connectivity index (χ0n) is 25.7. The van der Waals surface area contributed by atoms with Crippen molar-refractivity contribution >= 4 is 11.9 Å². The normalized spacial score (nSPS) is 42.3. The molecule has 4 aliphatic rings. The van der Waals surface area contributed by atoms with Gasteiger partial charge in [0.05, 0.1) is 12.2 Å². The fourth-order valence-electron chi connectivity index (χ4n) is 10.0. The maximum atomic E-state index is 11.9. The number of ether oxygens (including phenoxy) is 2. The Morgan fingerprint density at radius 2 is 1.77 bits per heavy atom. The second kappa shape index (κ2) is 10.3. The van der Waals surface area contributed by atoms with E-state index in [2.05, 4.69) is 41.5 Å². The molecule has 0 bridgehead atoms. The third kappa shape index (κ3) is 4.52. The Bertz CT molecular complexity index is 1060. The first-order valence-electron chi connectivity index (χ1n) is 15.1. The molecule has 9 atom stereocenters. The van der Waals surface area contributed by atoms with E-state index in [1.54, 1.807) is 6.92 Å². The van der Waals surface area contributed by atoms with Crippen LogP contribution in [0.3, 0.4) is 0 Å². The molecule has 39 heavy (non-hydrogen) atoms. The van der Waals surface area contributed by atoms with Crippen LogP contribution in [-0.4, -0.2) is 47.6 Å². The highest BCUT2D eigenvalue weighted by Gasteiger charge is 2.68. The van der Waals surface area contributed by atoms with Crippen molar-refractivity contribution in [3.8, 4) is 0 Å². The van der Waals surface area contributed by atoms with Gasteiger partial charge in [0, 0.05) is 30.4 Å². The Morgan fingerprint density at radius 3 is 2.36 bits per heavy atom. The Balaban J connectivity index is 1.71. The number of hydrogen-bond acceptors (Lipinski definition) is 5. The lowest BCUT2D eigenvalue weighted by atomic mass is 9.42. The predicted molar refractivity (Wildman–Crippen MR) is 152 cm³/mol. The van der Waals surface area contributed by atoms with Gasteiger partial charge in [-0.2, -0.15) is 0 Å². The molecule has 0 aliphatic heterocycles. The molecule has 0 heterocycles. The number of aliphatic hydroxyl groups excluding tert-OH is 1. The number of rotatable bonds is 7. The molecular formula is C33H52O6. The minimum atomic E-state index is -0.856. The van der Waals surface area contributed by atoms with Gasteiger partial charge in [-0.3, -0.25) is 4.79 Å². The Kier molecular flexibility index (Phi) is 8.01. The minimum absolute atomic E-state index is 0.0164. The van der Waals surface area contributed by atoms with Gasteiger partial charge in [0.25, 0.3) is 0 Å². The van der Waals surface area contributed by atoms with Gasteiger partial charge in [-0.25, -0.2) is 4.79 Å². The number of methoxy groups -OCH3 is 1. The number of allylic oxidation sites excluding steroid dienone is 2. The molecule has 0 amide bonds. The lowest BCUT2D eigenvalue weighted by molar-refractivity contribution is -0.171. The lowest BCUT2D eigenvalue weighted by Crippen LogP contribution is -2.59. The van der Waals surface area contributed by atoms with Gasteiger partial charge in [0.2, 0.25) is 0 Å². The molecule has 0 unspecified atom stereocenters. The molecule has 0 spiro atoms. The first-order chi connectivity index (χ1) is 18.1. The van der Waals surface area contributed by atoms with Gasteiger partial charge < -0.3 is 19.7 Å². The van der Waals surface area contributed by atoms with Gasteiger partial charge >= 0.3 is 11.9 Å². The fraction of sp³-hybridized carbons (Fsp3) is 0.818. The number of esters is 1.